The first-order chi connectivity index (χ1) is 18.2. The molecule has 4 aromatic rings. The summed E-state index contributed by atoms with van der Waals surface area (Å²) in [6, 6.07) is 25.2. The van der Waals surface area contributed by atoms with Crippen LogP contribution in [-0.2, 0) is 5.41 Å². The summed E-state index contributed by atoms with van der Waals surface area (Å²) in [7, 11) is 0. The summed E-state index contributed by atoms with van der Waals surface area (Å²) in [5, 5.41) is 4.95. The zero-order valence-electron chi connectivity index (χ0n) is 23.3. The van der Waals surface area contributed by atoms with E-state index in [1.807, 2.05) is 6.07 Å². The highest BCUT2D eigenvalue weighted by atomic mass is 16.5. The summed E-state index contributed by atoms with van der Waals surface area (Å²) in [4.78, 5) is 11.6. The number of aldehydes is 1. The molecule has 0 amide bonds. The van der Waals surface area contributed by atoms with Gasteiger partial charge in [0.2, 0.25) is 0 Å². The largest absolute Gasteiger partial charge is 0.493 e. The third kappa shape index (κ3) is 5.05. The summed E-state index contributed by atoms with van der Waals surface area (Å²) >= 11 is 0. The summed E-state index contributed by atoms with van der Waals surface area (Å²) in [5.41, 5.74) is 6.58. The molecule has 0 aliphatic heterocycles. The Morgan fingerprint density at radius 1 is 0.842 bits per heavy atom. The molecular weight excluding hydrogens is 464 g/mol. The van der Waals surface area contributed by atoms with Gasteiger partial charge >= 0.3 is 0 Å². The highest BCUT2D eigenvalue weighted by Gasteiger charge is 2.36. The number of carbonyl (C=O) groups excluding carboxylic acids is 1. The first kappa shape index (κ1) is 26.0. The van der Waals surface area contributed by atoms with Gasteiger partial charge in [0.05, 0.1) is 12.2 Å². The van der Waals surface area contributed by atoms with Gasteiger partial charge in [-0.05, 0) is 80.5 Å². The van der Waals surface area contributed by atoms with Crippen LogP contribution in [0.25, 0.3) is 27.1 Å². The minimum Gasteiger partial charge on any atom is -0.493 e. The van der Waals surface area contributed by atoms with Gasteiger partial charge in [-0.2, -0.15) is 0 Å². The van der Waals surface area contributed by atoms with Crippen molar-refractivity contribution in [1.82, 2.24) is 0 Å². The van der Waals surface area contributed by atoms with Gasteiger partial charge < -0.3 is 4.74 Å². The summed E-state index contributed by atoms with van der Waals surface area (Å²) in [6.07, 6.45) is 8.70. The molecule has 0 saturated carbocycles. The Morgan fingerprint density at radius 2 is 1.50 bits per heavy atom. The average molecular weight is 503 g/mol. The molecule has 6 rings (SSSR count). The van der Waals surface area contributed by atoms with Crippen LogP contribution in [0.4, 0.5) is 0 Å². The molecule has 2 heteroatoms. The van der Waals surface area contributed by atoms with E-state index in [9.17, 15) is 4.79 Å². The molecule has 2 aliphatic rings. The quantitative estimate of drug-likeness (QED) is 0.260. The van der Waals surface area contributed by atoms with Gasteiger partial charge in [-0.25, -0.2) is 0 Å². The van der Waals surface area contributed by atoms with E-state index in [-0.39, 0.29) is 10.8 Å². The summed E-state index contributed by atoms with van der Waals surface area (Å²) in [5.74, 6) is 0.702. The minimum absolute atomic E-state index is 0.0413. The van der Waals surface area contributed by atoms with Crippen LogP contribution in [0, 0.1) is 5.41 Å². The summed E-state index contributed by atoms with van der Waals surface area (Å²) < 4.78 is 5.92. The number of hydrogen-bond donors (Lipinski definition) is 0. The fraction of sp³-hybridized carbons (Fsp3) is 0.306. The molecule has 2 aliphatic carbocycles. The van der Waals surface area contributed by atoms with Crippen molar-refractivity contribution >= 4 is 33.4 Å². The number of fused-ring (bicyclic) bond motifs is 5. The third-order valence-electron chi connectivity index (χ3n) is 7.77. The number of ether oxygens (including phenoxy) is 1. The second-order valence-corrected chi connectivity index (χ2v) is 12.0. The van der Waals surface area contributed by atoms with Crippen LogP contribution in [-0.4, -0.2) is 12.9 Å². The lowest BCUT2D eigenvalue weighted by molar-refractivity contribution is 0.111. The van der Waals surface area contributed by atoms with Crippen LogP contribution in [0.2, 0.25) is 0 Å². The van der Waals surface area contributed by atoms with E-state index in [4.69, 9.17) is 4.74 Å². The third-order valence-corrected chi connectivity index (χ3v) is 7.77. The molecule has 4 aromatic carbocycles. The van der Waals surface area contributed by atoms with Crippen LogP contribution >= 0.6 is 0 Å². The standard InChI is InChI=1S/C26H30O2.C10H8/c1-6-11-28-23-13-22-17(12-18(23)16-27)7-8-21-20-9-10-25(2,3)14-19(20)15-26(4,5)24(21)22;1-2-6-10-8-4-3-7-9(10)5-1/h7-10,12-13,16H,6,11,14-15H2,1-5H3;1-8H. The van der Waals surface area contributed by atoms with E-state index in [1.54, 1.807) is 5.57 Å². The van der Waals surface area contributed by atoms with Crippen LogP contribution in [0.5, 0.6) is 5.75 Å². The SMILES string of the molecule is CCCOc1cc2c3c(ccc2cc1C=O)C1=C(CC(C)(C)C=C1)CC3(C)C.c1ccc2ccccc2c1. The first-order valence-corrected chi connectivity index (χ1v) is 13.8. The molecule has 0 atom stereocenters. The Hall–Kier alpha value is -3.65. The molecule has 0 bridgehead atoms. The van der Waals surface area contributed by atoms with Crippen molar-refractivity contribution in [3.63, 3.8) is 0 Å². The van der Waals surface area contributed by atoms with E-state index < -0.39 is 0 Å². The van der Waals surface area contributed by atoms with Crippen molar-refractivity contribution in [3.05, 3.63) is 107 Å². The second kappa shape index (κ2) is 10.3. The van der Waals surface area contributed by atoms with Crippen LogP contribution < -0.4 is 4.74 Å². The Balaban J connectivity index is 0.000000244. The molecule has 0 N–H and O–H groups in total. The van der Waals surface area contributed by atoms with Gasteiger partial charge in [-0.3, -0.25) is 4.79 Å². The molecule has 194 valence electrons. The monoisotopic (exact) mass is 502 g/mol. The van der Waals surface area contributed by atoms with E-state index in [0.29, 0.717) is 17.9 Å². The molecule has 0 radical (unpaired) electrons. The second-order valence-electron chi connectivity index (χ2n) is 12.0. The summed E-state index contributed by atoms with van der Waals surface area (Å²) in [6.45, 7) is 12.0. The number of allylic oxidation sites excluding steroid dienone is 4. The van der Waals surface area contributed by atoms with E-state index in [1.165, 1.54) is 32.9 Å². The zero-order valence-corrected chi connectivity index (χ0v) is 23.3. The molecule has 0 spiro atoms. The molecule has 38 heavy (non-hydrogen) atoms. The topological polar surface area (TPSA) is 26.3 Å². The van der Waals surface area contributed by atoms with Gasteiger partial charge in [0.25, 0.3) is 0 Å². The van der Waals surface area contributed by atoms with Crippen molar-refractivity contribution in [2.24, 2.45) is 5.41 Å². The molecule has 0 saturated heterocycles. The first-order valence-electron chi connectivity index (χ1n) is 13.8. The van der Waals surface area contributed by atoms with Crippen LogP contribution in [0.1, 0.15) is 75.4 Å². The number of hydrogen-bond acceptors (Lipinski definition) is 2. The van der Waals surface area contributed by atoms with Crippen molar-refractivity contribution in [2.75, 3.05) is 6.61 Å². The van der Waals surface area contributed by atoms with Crippen LogP contribution in [0.15, 0.2) is 90.5 Å². The maximum atomic E-state index is 11.6. The molecular formula is C36H38O2. The molecule has 0 aromatic heterocycles. The fourth-order valence-corrected chi connectivity index (χ4v) is 6.08. The predicted molar refractivity (Wildman–Crippen MR) is 161 cm³/mol. The van der Waals surface area contributed by atoms with E-state index in [0.717, 1.165) is 30.9 Å². The van der Waals surface area contributed by atoms with Crippen LogP contribution in [0.3, 0.4) is 0 Å². The van der Waals surface area contributed by atoms with Gasteiger partial charge in [0.1, 0.15) is 5.75 Å². The van der Waals surface area contributed by atoms with Crippen molar-refractivity contribution < 1.29 is 9.53 Å². The Labute approximate surface area is 227 Å². The fourth-order valence-electron chi connectivity index (χ4n) is 6.08. The lowest BCUT2D eigenvalue weighted by Gasteiger charge is -2.40. The normalized spacial score (nSPS) is 16.9. The maximum Gasteiger partial charge on any atom is 0.153 e. The smallest absolute Gasteiger partial charge is 0.153 e. The van der Waals surface area contributed by atoms with Crippen molar-refractivity contribution in [2.45, 2.75) is 59.3 Å². The molecule has 0 heterocycles. The molecule has 0 unspecified atom stereocenters. The van der Waals surface area contributed by atoms with E-state index >= 15 is 0 Å². The Morgan fingerprint density at radius 3 is 2.11 bits per heavy atom. The lowest BCUT2D eigenvalue weighted by Crippen LogP contribution is -2.28. The Kier molecular flexibility index (Phi) is 7.01. The van der Waals surface area contributed by atoms with Gasteiger partial charge in [-0.15, -0.1) is 0 Å². The number of benzene rings is 4. The predicted octanol–water partition coefficient (Wildman–Crippen LogP) is 9.70. The van der Waals surface area contributed by atoms with E-state index in [2.05, 4.69) is 114 Å². The number of carbonyl (C=O) groups is 1. The van der Waals surface area contributed by atoms with Gasteiger partial charge in [0, 0.05) is 0 Å². The molecule has 2 nitrogen and oxygen atoms in total. The van der Waals surface area contributed by atoms with Crippen molar-refractivity contribution in [3.8, 4) is 5.75 Å². The van der Waals surface area contributed by atoms with Gasteiger partial charge in [-0.1, -0.05) is 113 Å². The molecule has 0 fully saturated rings. The zero-order chi connectivity index (χ0) is 26.9. The van der Waals surface area contributed by atoms with Gasteiger partial charge in [0.15, 0.2) is 6.29 Å². The lowest BCUT2D eigenvalue weighted by atomic mass is 9.64. The average Bonchev–Trinajstić information content (AvgIpc) is 2.90. The van der Waals surface area contributed by atoms with Crippen molar-refractivity contribution in [1.29, 1.82) is 0 Å². The number of rotatable bonds is 4. The minimum atomic E-state index is 0.0413. The Bertz CT molecular complexity index is 1500. The maximum absolute atomic E-state index is 11.6. The highest BCUT2D eigenvalue weighted by Crippen LogP contribution is 2.51. The highest BCUT2D eigenvalue weighted by molar-refractivity contribution is 5.99.